The number of carbonyl (C=O) groups excluding carboxylic acids is 2. The van der Waals surface area contributed by atoms with Gasteiger partial charge in [0.05, 0.1) is 12.0 Å². The minimum Gasteiger partial charge on any atom is -0.467 e. The fraction of sp³-hybridized carbons (Fsp3) is 0.429. The SMILES string of the molecule is COC(=O)C(O)CCCC(=O)NS(=O)(=O)c1ccc(C)cc1. The van der Waals surface area contributed by atoms with E-state index in [0.29, 0.717) is 0 Å². The molecule has 1 aromatic carbocycles. The van der Waals surface area contributed by atoms with Crippen LogP contribution in [-0.2, 0) is 24.3 Å². The summed E-state index contributed by atoms with van der Waals surface area (Å²) in [6.07, 6.45) is -1.26. The molecule has 0 aliphatic rings. The highest BCUT2D eigenvalue weighted by molar-refractivity contribution is 7.90. The fourth-order valence-corrected chi connectivity index (χ4v) is 2.70. The maximum atomic E-state index is 12.0. The van der Waals surface area contributed by atoms with Crippen LogP contribution >= 0.6 is 0 Å². The number of carbonyl (C=O) groups is 2. The average molecular weight is 329 g/mol. The normalized spacial score (nSPS) is 12.5. The standard InChI is InChI=1S/C14H19NO6S/c1-10-6-8-11(9-7-10)22(19,20)15-13(17)5-3-4-12(16)14(18)21-2/h6-9,12,16H,3-5H2,1-2H3,(H,15,17). The summed E-state index contributed by atoms with van der Waals surface area (Å²) < 4.78 is 30.2. The molecule has 0 saturated carbocycles. The van der Waals surface area contributed by atoms with Crippen molar-refractivity contribution in [2.75, 3.05) is 7.11 Å². The highest BCUT2D eigenvalue weighted by Crippen LogP contribution is 2.10. The number of aliphatic hydroxyl groups excluding tert-OH is 1. The third-order valence-corrected chi connectivity index (χ3v) is 4.32. The lowest BCUT2D eigenvalue weighted by Gasteiger charge is -2.09. The molecule has 0 aromatic heterocycles. The molecule has 0 radical (unpaired) electrons. The minimum atomic E-state index is -3.90. The van der Waals surface area contributed by atoms with Crippen molar-refractivity contribution in [1.82, 2.24) is 4.72 Å². The molecule has 7 nitrogen and oxygen atoms in total. The monoisotopic (exact) mass is 329 g/mol. The van der Waals surface area contributed by atoms with Crippen LogP contribution in [-0.4, -0.2) is 38.6 Å². The molecule has 122 valence electrons. The van der Waals surface area contributed by atoms with Crippen molar-refractivity contribution in [1.29, 1.82) is 0 Å². The van der Waals surface area contributed by atoms with E-state index in [0.717, 1.165) is 12.7 Å². The first kappa shape index (κ1) is 18.1. The van der Waals surface area contributed by atoms with Crippen LogP contribution < -0.4 is 4.72 Å². The van der Waals surface area contributed by atoms with Crippen molar-refractivity contribution >= 4 is 21.9 Å². The molecule has 22 heavy (non-hydrogen) atoms. The van der Waals surface area contributed by atoms with Crippen LogP contribution in [0.25, 0.3) is 0 Å². The van der Waals surface area contributed by atoms with Gasteiger partial charge in [-0.2, -0.15) is 0 Å². The summed E-state index contributed by atoms with van der Waals surface area (Å²) in [4.78, 5) is 22.6. The van der Waals surface area contributed by atoms with Crippen LogP contribution in [0.1, 0.15) is 24.8 Å². The molecule has 0 aliphatic heterocycles. The third kappa shape index (κ3) is 5.45. The Hall–Kier alpha value is -1.93. The van der Waals surface area contributed by atoms with Gasteiger partial charge in [-0.25, -0.2) is 17.9 Å². The van der Waals surface area contributed by atoms with Gasteiger partial charge in [-0.05, 0) is 31.9 Å². The first-order valence-corrected chi connectivity index (χ1v) is 8.13. The molecular weight excluding hydrogens is 310 g/mol. The van der Waals surface area contributed by atoms with E-state index in [1.807, 2.05) is 11.6 Å². The number of sulfonamides is 1. The van der Waals surface area contributed by atoms with Crippen molar-refractivity contribution in [2.24, 2.45) is 0 Å². The van der Waals surface area contributed by atoms with Crippen LogP contribution in [0.2, 0.25) is 0 Å². The minimum absolute atomic E-state index is 0.000968. The van der Waals surface area contributed by atoms with Gasteiger partial charge >= 0.3 is 5.97 Å². The van der Waals surface area contributed by atoms with Gasteiger partial charge in [0.1, 0.15) is 0 Å². The van der Waals surface area contributed by atoms with E-state index in [1.165, 1.54) is 12.1 Å². The number of aliphatic hydroxyl groups is 1. The second-order valence-electron chi connectivity index (χ2n) is 4.77. The smallest absolute Gasteiger partial charge is 0.334 e. The summed E-state index contributed by atoms with van der Waals surface area (Å²) in [5.41, 5.74) is 0.905. The molecule has 1 unspecified atom stereocenters. The molecule has 0 heterocycles. The van der Waals surface area contributed by atoms with Crippen molar-refractivity contribution in [2.45, 2.75) is 37.2 Å². The van der Waals surface area contributed by atoms with Crippen molar-refractivity contribution < 1.29 is 27.9 Å². The van der Waals surface area contributed by atoms with E-state index in [-0.39, 0.29) is 24.2 Å². The van der Waals surface area contributed by atoms with Gasteiger partial charge in [-0.15, -0.1) is 0 Å². The van der Waals surface area contributed by atoms with E-state index < -0.39 is 28.0 Å². The number of benzene rings is 1. The summed E-state index contributed by atoms with van der Waals surface area (Å²) >= 11 is 0. The molecule has 1 aromatic rings. The van der Waals surface area contributed by atoms with Gasteiger partial charge in [-0.3, -0.25) is 4.79 Å². The number of methoxy groups -OCH3 is 1. The number of aryl methyl sites for hydroxylation is 1. The second kappa shape index (κ2) is 7.90. The highest BCUT2D eigenvalue weighted by atomic mass is 32.2. The first-order chi connectivity index (χ1) is 10.3. The molecule has 1 amide bonds. The number of ether oxygens (including phenoxy) is 1. The lowest BCUT2D eigenvalue weighted by atomic mass is 10.1. The Bertz CT molecular complexity index is 623. The zero-order valence-corrected chi connectivity index (χ0v) is 13.2. The molecule has 0 aliphatic carbocycles. The number of hydrogen-bond acceptors (Lipinski definition) is 6. The topological polar surface area (TPSA) is 110 Å². The van der Waals surface area contributed by atoms with Crippen molar-refractivity contribution in [3.05, 3.63) is 29.8 Å². The molecule has 1 atom stereocenters. The van der Waals surface area contributed by atoms with Gasteiger partial charge in [0.25, 0.3) is 10.0 Å². The largest absolute Gasteiger partial charge is 0.467 e. The molecule has 1 rings (SSSR count). The Morgan fingerprint density at radius 3 is 2.41 bits per heavy atom. The Morgan fingerprint density at radius 2 is 1.86 bits per heavy atom. The van der Waals surface area contributed by atoms with Gasteiger partial charge in [0, 0.05) is 6.42 Å². The van der Waals surface area contributed by atoms with Crippen molar-refractivity contribution in [3.8, 4) is 0 Å². The predicted octanol–water partition coefficient (Wildman–Crippen LogP) is 0.504. The van der Waals surface area contributed by atoms with Crippen LogP contribution in [0.3, 0.4) is 0 Å². The van der Waals surface area contributed by atoms with E-state index in [1.54, 1.807) is 12.1 Å². The Balaban J connectivity index is 2.51. The maximum Gasteiger partial charge on any atom is 0.334 e. The van der Waals surface area contributed by atoms with Crippen LogP contribution in [0, 0.1) is 6.92 Å². The van der Waals surface area contributed by atoms with Gasteiger partial charge in [-0.1, -0.05) is 17.7 Å². The Morgan fingerprint density at radius 1 is 1.27 bits per heavy atom. The second-order valence-corrected chi connectivity index (χ2v) is 6.46. The average Bonchev–Trinajstić information content (AvgIpc) is 2.46. The molecular formula is C14H19NO6S. The van der Waals surface area contributed by atoms with E-state index in [2.05, 4.69) is 4.74 Å². The Kier molecular flexibility index (Phi) is 6.51. The quantitative estimate of drug-likeness (QED) is 0.705. The predicted molar refractivity (Wildman–Crippen MR) is 78.4 cm³/mol. The molecule has 0 bridgehead atoms. The summed E-state index contributed by atoms with van der Waals surface area (Å²) in [5, 5.41) is 9.34. The van der Waals surface area contributed by atoms with Crippen LogP contribution in [0.15, 0.2) is 29.2 Å². The third-order valence-electron chi connectivity index (χ3n) is 2.93. The molecule has 0 saturated heterocycles. The lowest BCUT2D eigenvalue weighted by Crippen LogP contribution is -2.30. The number of esters is 1. The number of nitrogens with one attached hydrogen (secondary N) is 1. The zero-order valence-electron chi connectivity index (χ0n) is 12.4. The maximum absolute atomic E-state index is 12.0. The van der Waals surface area contributed by atoms with Gasteiger partial charge in [0.15, 0.2) is 6.10 Å². The fourth-order valence-electron chi connectivity index (χ4n) is 1.69. The molecule has 0 spiro atoms. The molecule has 8 heteroatoms. The van der Waals surface area contributed by atoms with E-state index >= 15 is 0 Å². The highest BCUT2D eigenvalue weighted by Gasteiger charge is 2.19. The van der Waals surface area contributed by atoms with E-state index in [9.17, 15) is 23.1 Å². The summed E-state index contributed by atoms with van der Waals surface area (Å²) in [7, 11) is -2.76. The zero-order chi connectivity index (χ0) is 16.8. The summed E-state index contributed by atoms with van der Waals surface area (Å²) in [5.74, 6) is -1.48. The molecule has 2 N–H and O–H groups in total. The van der Waals surface area contributed by atoms with Crippen molar-refractivity contribution in [3.63, 3.8) is 0 Å². The van der Waals surface area contributed by atoms with Crippen LogP contribution in [0.4, 0.5) is 0 Å². The van der Waals surface area contributed by atoms with E-state index in [4.69, 9.17) is 0 Å². The van der Waals surface area contributed by atoms with Gasteiger partial charge in [0.2, 0.25) is 5.91 Å². The lowest BCUT2D eigenvalue weighted by molar-refractivity contribution is -0.150. The van der Waals surface area contributed by atoms with Crippen LogP contribution in [0.5, 0.6) is 0 Å². The number of hydrogen-bond donors (Lipinski definition) is 2. The Labute approximate surface area is 129 Å². The number of amides is 1. The van der Waals surface area contributed by atoms with Gasteiger partial charge < -0.3 is 9.84 Å². The molecule has 0 fully saturated rings. The first-order valence-electron chi connectivity index (χ1n) is 6.64. The summed E-state index contributed by atoms with van der Waals surface area (Å²) in [6.45, 7) is 1.82. The number of rotatable bonds is 7. The summed E-state index contributed by atoms with van der Waals surface area (Å²) in [6, 6.07) is 6.08.